The minimum Gasteiger partial charge on any atom is -0.492 e. The Hall–Kier alpha value is -3.13. The van der Waals surface area contributed by atoms with Crippen LogP contribution in [0, 0.1) is 5.82 Å². The highest BCUT2D eigenvalue weighted by Gasteiger charge is 2.18. The summed E-state index contributed by atoms with van der Waals surface area (Å²) in [6.07, 6.45) is 4.71. The summed E-state index contributed by atoms with van der Waals surface area (Å²) in [5.74, 6) is -0.848. The minimum atomic E-state index is -0.990. The summed E-state index contributed by atoms with van der Waals surface area (Å²) in [5, 5.41) is 11.9. The molecule has 0 aromatic heterocycles. The molecule has 0 saturated carbocycles. The van der Waals surface area contributed by atoms with Gasteiger partial charge in [-0.3, -0.25) is 0 Å². The molecule has 0 aliphatic rings. The van der Waals surface area contributed by atoms with E-state index >= 15 is 0 Å². The number of carboxylic acids is 1. The SMILES string of the molecule is CCCCCCCN(CCOc1ccc(CC(OCC)C(=O)O)cc1)C(=O)Nc1ccccc1F. The number of hydrogen-bond acceptors (Lipinski definition) is 4. The molecule has 0 aliphatic heterocycles. The lowest BCUT2D eigenvalue weighted by molar-refractivity contribution is -0.149. The summed E-state index contributed by atoms with van der Waals surface area (Å²) in [7, 11) is 0. The van der Waals surface area contributed by atoms with Crippen LogP contribution in [0.3, 0.4) is 0 Å². The first-order chi connectivity index (χ1) is 16.9. The predicted molar refractivity (Wildman–Crippen MR) is 134 cm³/mol. The van der Waals surface area contributed by atoms with Crippen molar-refractivity contribution in [2.24, 2.45) is 0 Å². The van der Waals surface area contributed by atoms with E-state index in [1.807, 2.05) is 0 Å². The first kappa shape index (κ1) is 28.1. The number of anilines is 1. The molecule has 7 nitrogen and oxygen atoms in total. The summed E-state index contributed by atoms with van der Waals surface area (Å²) in [5.41, 5.74) is 0.980. The number of carbonyl (C=O) groups excluding carboxylic acids is 1. The van der Waals surface area contributed by atoms with Gasteiger partial charge in [0.15, 0.2) is 6.10 Å². The number of hydrogen-bond donors (Lipinski definition) is 2. The molecule has 35 heavy (non-hydrogen) atoms. The lowest BCUT2D eigenvalue weighted by Crippen LogP contribution is -2.38. The number of benzene rings is 2. The molecule has 0 spiro atoms. The van der Waals surface area contributed by atoms with Crippen LogP contribution in [0.25, 0.3) is 0 Å². The number of carboxylic acid groups (broad SMARTS) is 1. The van der Waals surface area contributed by atoms with Crippen LogP contribution < -0.4 is 10.1 Å². The lowest BCUT2D eigenvalue weighted by Gasteiger charge is -2.23. The van der Waals surface area contributed by atoms with Gasteiger partial charge in [0, 0.05) is 19.6 Å². The maximum atomic E-state index is 14.0. The molecule has 0 bridgehead atoms. The first-order valence-corrected chi connectivity index (χ1v) is 12.3. The van der Waals surface area contributed by atoms with Crippen LogP contribution in [0.15, 0.2) is 48.5 Å². The number of carbonyl (C=O) groups is 2. The second-order valence-corrected chi connectivity index (χ2v) is 8.29. The fourth-order valence-corrected chi connectivity index (χ4v) is 3.61. The van der Waals surface area contributed by atoms with Crippen LogP contribution in [0.1, 0.15) is 51.5 Å². The number of ether oxygens (including phenoxy) is 2. The van der Waals surface area contributed by atoms with Gasteiger partial charge in [-0.25, -0.2) is 14.0 Å². The van der Waals surface area contributed by atoms with E-state index in [0.717, 1.165) is 37.7 Å². The normalized spacial score (nSPS) is 11.6. The Morgan fingerprint density at radius 3 is 2.37 bits per heavy atom. The Kier molecular flexibility index (Phi) is 12.6. The van der Waals surface area contributed by atoms with Gasteiger partial charge in [-0.1, -0.05) is 56.9 Å². The maximum Gasteiger partial charge on any atom is 0.333 e. The topological polar surface area (TPSA) is 88.1 Å². The van der Waals surface area contributed by atoms with E-state index < -0.39 is 17.9 Å². The number of urea groups is 1. The van der Waals surface area contributed by atoms with Gasteiger partial charge in [-0.15, -0.1) is 0 Å². The third-order valence-corrected chi connectivity index (χ3v) is 5.55. The Bertz CT molecular complexity index is 907. The quantitative estimate of drug-likeness (QED) is 0.294. The monoisotopic (exact) mass is 488 g/mol. The van der Waals surface area contributed by atoms with Gasteiger partial charge in [0.25, 0.3) is 0 Å². The van der Waals surface area contributed by atoms with Crippen LogP contribution in [-0.4, -0.2) is 54.4 Å². The summed E-state index contributed by atoms with van der Waals surface area (Å²) in [4.78, 5) is 25.7. The number of unbranched alkanes of at least 4 members (excludes halogenated alkanes) is 4. The second kappa shape index (κ2) is 15.7. The molecule has 2 amide bonds. The van der Waals surface area contributed by atoms with Gasteiger partial charge in [0.05, 0.1) is 12.2 Å². The van der Waals surface area contributed by atoms with Gasteiger partial charge < -0.3 is 24.8 Å². The molecule has 0 heterocycles. The summed E-state index contributed by atoms with van der Waals surface area (Å²) in [6, 6.07) is 12.9. The number of amides is 2. The van der Waals surface area contributed by atoms with Crippen LogP contribution in [-0.2, 0) is 16.0 Å². The number of aliphatic carboxylic acids is 1. The zero-order valence-corrected chi connectivity index (χ0v) is 20.7. The predicted octanol–water partition coefficient (Wildman–Crippen LogP) is 5.74. The van der Waals surface area contributed by atoms with E-state index in [4.69, 9.17) is 9.47 Å². The van der Waals surface area contributed by atoms with Crippen molar-refractivity contribution >= 4 is 17.7 Å². The Morgan fingerprint density at radius 2 is 1.71 bits per heavy atom. The Morgan fingerprint density at radius 1 is 1.00 bits per heavy atom. The molecular weight excluding hydrogens is 451 g/mol. The highest BCUT2D eigenvalue weighted by molar-refractivity contribution is 5.89. The molecule has 1 atom stereocenters. The molecule has 0 fully saturated rings. The van der Waals surface area contributed by atoms with E-state index in [0.29, 0.717) is 25.4 Å². The summed E-state index contributed by atoms with van der Waals surface area (Å²) in [6.45, 7) is 5.43. The number of nitrogens with zero attached hydrogens (tertiary/aromatic N) is 1. The maximum absolute atomic E-state index is 14.0. The average molecular weight is 489 g/mol. The fourth-order valence-electron chi connectivity index (χ4n) is 3.61. The zero-order chi connectivity index (χ0) is 25.5. The highest BCUT2D eigenvalue weighted by atomic mass is 19.1. The van der Waals surface area contributed by atoms with Crippen molar-refractivity contribution in [1.82, 2.24) is 4.90 Å². The largest absolute Gasteiger partial charge is 0.492 e. The van der Waals surface area contributed by atoms with Gasteiger partial charge >= 0.3 is 12.0 Å². The molecule has 2 aromatic carbocycles. The molecule has 192 valence electrons. The van der Waals surface area contributed by atoms with Gasteiger partial charge in [-0.05, 0) is 43.2 Å². The Labute approximate surface area is 207 Å². The standard InChI is InChI=1S/C27H37FN2O5/c1-3-5-6-7-10-17-30(27(33)29-24-12-9-8-11-23(24)28)18-19-35-22-15-13-21(14-16-22)20-25(26(31)32)34-4-2/h8-9,11-16,25H,3-7,10,17-20H2,1-2H3,(H,29,33)(H,31,32). The molecule has 1 unspecified atom stereocenters. The van der Waals surface area contributed by atoms with Crippen molar-refractivity contribution < 1.29 is 28.6 Å². The molecule has 0 radical (unpaired) electrons. The smallest absolute Gasteiger partial charge is 0.333 e. The third kappa shape index (κ3) is 10.3. The van der Waals surface area contributed by atoms with E-state index in [9.17, 15) is 19.1 Å². The molecule has 2 aromatic rings. The van der Waals surface area contributed by atoms with Gasteiger partial charge in [-0.2, -0.15) is 0 Å². The van der Waals surface area contributed by atoms with Crippen molar-refractivity contribution in [2.45, 2.75) is 58.5 Å². The van der Waals surface area contributed by atoms with Gasteiger partial charge in [0.1, 0.15) is 18.2 Å². The average Bonchev–Trinajstić information content (AvgIpc) is 2.84. The highest BCUT2D eigenvalue weighted by Crippen LogP contribution is 2.16. The van der Waals surface area contributed by atoms with E-state index in [1.54, 1.807) is 48.2 Å². The van der Waals surface area contributed by atoms with Crippen molar-refractivity contribution in [1.29, 1.82) is 0 Å². The van der Waals surface area contributed by atoms with Crippen LogP contribution >= 0.6 is 0 Å². The zero-order valence-electron chi connectivity index (χ0n) is 20.7. The van der Waals surface area contributed by atoms with E-state index in [-0.39, 0.29) is 24.7 Å². The van der Waals surface area contributed by atoms with Gasteiger partial charge in [0.2, 0.25) is 0 Å². The Balaban J connectivity index is 1.91. The number of halogens is 1. The third-order valence-electron chi connectivity index (χ3n) is 5.55. The van der Waals surface area contributed by atoms with Crippen LogP contribution in [0.4, 0.5) is 14.9 Å². The minimum absolute atomic E-state index is 0.150. The molecular formula is C27H37FN2O5. The second-order valence-electron chi connectivity index (χ2n) is 8.29. The van der Waals surface area contributed by atoms with Crippen molar-refractivity contribution in [2.75, 3.05) is 31.6 Å². The summed E-state index contributed by atoms with van der Waals surface area (Å²) < 4.78 is 25.1. The molecule has 0 aliphatic carbocycles. The van der Waals surface area contributed by atoms with Crippen molar-refractivity contribution in [3.8, 4) is 5.75 Å². The summed E-state index contributed by atoms with van der Waals surface area (Å²) >= 11 is 0. The number of rotatable bonds is 16. The van der Waals surface area contributed by atoms with Crippen molar-refractivity contribution in [3.05, 3.63) is 59.9 Å². The van der Waals surface area contributed by atoms with E-state index in [1.165, 1.54) is 12.1 Å². The van der Waals surface area contributed by atoms with E-state index in [2.05, 4.69) is 12.2 Å². The van der Waals surface area contributed by atoms with Crippen LogP contribution in [0.5, 0.6) is 5.75 Å². The first-order valence-electron chi connectivity index (χ1n) is 12.3. The molecule has 2 rings (SSSR count). The van der Waals surface area contributed by atoms with Crippen LogP contribution in [0.2, 0.25) is 0 Å². The lowest BCUT2D eigenvalue weighted by atomic mass is 10.1. The number of para-hydroxylation sites is 1. The molecule has 0 saturated heterocycles. The molecule has 2 N–H and O–H groups in total. The fraction of sp³-hybridized carbons (Fsp3) is 0.481. The van der Waals surface area contributed by atoms with Crippen molar-refractivity contribution in [3.63, 3.8) is 0 Å². The number of nitrogens with one attached hydrogen (secondary N) is 1. The molecule has 8 heteroatoms.